The fourth-order valence-corrected chi connectivity index (χ4v) is 2.32. The number of thiocarbonyl (C=S) groups is 1. The van der Waals surface area contributed by atoms with Crippen molar-refractivity contribution in [1.29, 1.82) is 0 Å². The molecule has 0 aliphatic heterocycles. The van der Waals surface area contributed by atoms with Crippen molar-refractivity contribution < 1.29 is 4.74 Å². The summed E-state index contributed by atoms with van der Waals surface area (Å²) >= 11 is 5.16. The monoisotopic (exact) mass is 234 g/mol. The predicted octanol–water partition coefficient (Wildman–Crippen LogP) is 3.99. The quantitative estimate of drug-likeness (QED) is 0.575. The topological polar surface area (TPSA) is 9.23 Å². The second-order valence-corrected chi connectivity index (χ2v) is 5.16. The van der Waals surface area contributed by atoms with Crippen LogP contribution >= 0.6 is 12.2 Å². The molecule has 1 aromatic carbocycles. The lowest BCUT2D eigenvalue weighted by Crippen LogP contribution is -2.08. The highest BCUT2D eigenvalue weighted by Gasteiger charge is 2.15. The van der Waals surface area contributed by atoms with Crippen molar-refractivity contribution in [2.45, 2.75) is 32.6 Å². The lowest BCUT2D eigenvalue weighted by molar-refractivity contribution is 0.252. The summed E-state index contributed by atoms with van der Waals surface area (Å²) in [5.74, 6) is 1.71. The molecule has 1 aliphatic carbocycles. The zero-order valence-corrected chi connectivity index (χ0v) is 10.6. The summed E-state index contributed by atoms with van der Waals surface area (Å²) in [6.07, 6.45) is 5.39. The van der Waals surface area contributed by atoms with Gasteiger partial charge in [-0.25, -0.2) is 0 Å². The summed E-state index contributed by atoms with van der Waals surface area (Å²) in [4.78, 5) is 0.923. The van der Waals surface area contributed by atoms with E-state index >= 15 is 0 Å². The van der Waals surface area contributed by atoms with Crippen LogP contribution < -0.4 is 4.74 Å². The molecule has 0 atom stereocenters. The Labute approximate surface area is 103 Å². The molecule has 1 fully saturated rings. The van der Waals surface area contributed by atoms with Crippen molar-refractivity contribution in [1.82, 2.24) is 0 Å². The third kappa shape index (κ3) is 3.05. The number of ether oxygens (including phenoxy) is 1. The largest absolute Gasteiger partial charge is 0.493 e. The van der Waals surface area contributed by atoms with E-state index in [2.05, 4.69) is 0 Å². The van der Waals surface area contributed by atoms with Crippen LogP contribution in [0.25, 0.3) is 0 Å². The van der Waals surface area contributed by atoms with Gasteiger partial charge in [-0.2, -0.15) is 0 Å². The Bertz CT molecular complexity index is 367. The van der Waals surface area contributed by atoms with E-state index in [1.165, 1.54) is 25.7 Å². The van der Waals surface area contributed by atoms with E-state index < -0.39 is 0 Å². The van der Waals surface area contributed by atoms with Crippen molar-refractivity contribution in [3.05, 3.63) is 29.8 Å². The normalized spacial score (nSPS) is 16.3. The molecule has 2 heteroatoms. The molecule has 0 bridgehead atoms. The van der Waals surface area contributed by atoms with Crippen molar-refractivity contribution in [2.75, 3.05) is 6.61 Å². The zero-order valence-electron chi connectivity index (χ0n) is 9.74. The Morgan fingerprint density at radius 1 is 1.38 bits per heavy atom. The minimum Gasteiger partial charge on any atom is -0.493 e. The number of hydrogen-bond acceptors (Lipinski definition) is 2. The van der Waals surface area contributed by atoms with E-state index in [0.29, 0.717) is 0 Å². The molecule has 1 saturated carbocycles. The van der Waals surface area contributed by atoms with E-state index in [1.54, 1.807) is 0 Å². The highest BCUT2D eigenvalue weighted by molar-refractivity contribution is 7.80. The lowest BCUT2D eigenvalue weighted by atomic mass is 10.1. The first-order valence-electron chi connectivity index (χ1n) is 5.99. The van der Waals surface area contributed by atoms with Gasteiger partial charge < -0.3 is 4.74 Å². The maximum atomic E-state index is 5.82. The Morgan fingerprint density at radius 3 is 2.81 bits per heavy atom. The van der Waals surface area contributed by atoms with Gasteiger partial charge in [-0.05, 0) is 43.4 Å². The Hall–Kier alpha value is -0.890. The van der Waals surface area contributed by atoms with E-state index in [-0.39, 0.29) is 0 Å². The highest BCUT2D eigenvalue weighted by atomic mass is 32.1. The molecule has 1 aliphatic rings. The fourth-order valence-electron chi connectivity index (χ4n) is 2.20. The van der Waals surface area contributed by atoms with Gasteiger partial charge in [-0.3, -0.25) is 0 Å². The van der Waals surface area contributed by atoms with Crippen molar-refractivity contribution in [2.24, 2.45) is 5.92 Å². The molecular weight excluding hydrogens is 216 g/mol. The summed E-state index contributed by atoms with van der Waals surface area (Å²) < 4.78 is 5.82. The predicted molar refractivity (Wildman–Crippen MR) is 71.3 cm³/mol. The van der Waals surface area contributed by atoms with E-state index in [0.717, 1.165) is 28.7 Å². The summed E-state index contributed by atoms with van der Waals surface area (Å²) in [5.41, 5.74) is 1.10. The summed E-state index contributed by atoms with van der Waals surface area (Å²) in [5, 5.41) is 0. The minimum absolute atomic E-state index is 0.761. The molecule has 2 rings (SSSR count). The molecule has 0 N–H and O–H groups in total. The van der Waals surface area contributed by atoms with Crippen molar-refractivity contribution in [3.8, 4) is 5.75 Å². The van der Waals surface area contributed by atoms with Gasteiger partial charge >= 0.3 is 0 Å². The Kier molecular flexibility index (Phi) is 3.94. The van der Waals surface area contributed by atoms with Gasteiger partial charge in [0, 0.05) is 4.86 Å². The van der Waals surface area contributed by atoms with Gasteiger partial charge in [0.15, 0.2) is 0 Å². The van der Waals surface area contributed by atoms with Gasteiger partial charge in [0.2, 0.25) is 0 Å². The van der Waals surface area contributed by atoms with Gasteiger partial charge in [0.25, 0.3) is 0 Å². The molecule has 16 heavy (non-hydrogen) atoms. The third-order valence-corrected chi connectivity index (χ3v) is 3.44. The lowest BCUT2D eigenvalue weighted by Gasteiger charge is -2.11. The molecule has 0 aromatic heterocycles. The molecule has 0 amide bonds. The van der Waals surface area contributed by atoms with E-state index in [4.69, 9.17) is 17.0 Å². The molecular formula is C14H18OS. The highest BCUT2D eigenvalue weighted by Crippen LogP contribution is 2.25. The second kappa shape index (κ2) is 5.44. The first-order chi connectivity index (χ1) is 7.75. The SMILES string of the molecule is CC(=S)c1cccc(OCC2CCCC2)c1. The minimum atomic E-state index is 0.761. The van der Waals surface area contributed by atoms with E-state index in [1.807, 2.05) is 31.2 Å². The summed E-state index contributed by atoms with van der Waals surface area (Å²) in [6, 6.07) is 8.09. The van der Waals surface area contributed by atoms with Gasteiger partial charge in [0.1, 0.15) is 5.75 Å². The first kappa shape index (κ1) is 11.6. The smallest absolute Gasteiger partial charge is 0.119 e. The number of benzene rings is 1. The molecule has 1 aromatic rings. The molecule has 0 heterocycles. The average molecular weight is 234 g/mol. The second-order valence-electron chi connectivity index (χ2n) is 4.55. The standard InChI is InChI=1S/C14H18OS/c1-11(16)13-7-4-8-14(9-13)15-10-12-5-2-3-6-12/h4,7-9,12H,2-3,5-6,10H2,1H3. The van der Waals surface area contributed by atoms with Crippen molar-refractivity contribution in [3.63, 3.8) is 0 Å². The zero-order chi connectivity index (χ0) is 11.4. The molecule has 0 radical (unpaired) electrons. The molecule has 86 valence electrons. The van der Waals surface area contributed by atoms with Crippen molar-refractivity contribution >= 4 is 17.1 Å². The molecule has 0 saturated heterocycles. The van der Waals surface area contributed by atoms with Crippen LogP contribution in [0.4, 0.5) is 0 Å². The van der Waals surface area contributed by atoms with Gasteiger partial charge in [-0.15, -0.1) is 0 Å². The Morgan fingerprint density at radius 2 is 2.12 bits per heavy atom. The molecule has 0 unspecified atom stereocenters. The van der Waals surface area contributed by atoms with Crippen LogP contribution in [0.15, 0.2) is 24.3 Å². The third-order valence-electron chi connectivity index (χ3n) is 3.20. The van der Waals surface area contributed by atoms with Crippen LogP contribution in [0.2, 0.25) is 0 Å². The van der Waals surface area contributed by atoms with Crippen LogP contribution in [0.1, 0.15) is 38.2 Å². The maximum Gasteiger partial charge on any atom is 0.119 e. The van der Waals surface area contributed by atoms with E-state index in [9.17, 15) is 0 Å². The van der Waals surface area contributed by atoms with Gasteiger partial charge in [-0.1, -0.05) is 37.2 Å². The number of rotatable bonds is 4. The van der Waals surface area contributed by atoms with Crippen LogP contribution in [0, 0.1) is 5.92 Å². The van der Waals surface area contributed by atoms with Crippen LogP contribution in [0.5, 0.6) is 5.75 Å². The number of hydrogen-bond donors (Lipinski definition) is 0. The molecule has 1 nitrogen and oxygen atoms in total. The van der Waals surface area contributed by atoms with Crippen LogP contribution in [-0.2, 0) is 0 Å². The van der Waals surface area contributed by atoms with Crippen LogP contribution in [-0.4, -0.2) is 11.5 Å². The average Bonchev–Trinajstić information content (AvgIpc) is 2.79. The summed E-state index contributed by atoms with van der Waals surface area (Å²) in [7, 11) is 0. The Balaban J connectivity index is 1.93. The first-order valence-corrected chi connectivity index (χ1v) is 6.40. The molecule has 0 spiro atoms. The fraction of sp³-hybridized carbons (Fsp3) is 0.500. The van der Waals surface area contributed by atoms with Crippen LogP contribution in [0.3, 0.4) is 0 Å². The maximum absolute atomic E-state index is 5.82. The summed E-state index contributed by atoms with van der Waals surface area (Å²) in [6.45, 7) is 2.81. The van der Waals surface area contributed by atoms with Gasteiger partial charge in [0.05, 0.1) is 6.61 Å².